The molecule has 0 spiro atoms. The van der Waals surface area contributed by atoms with Gasteiger partial charge in [0, 0.05) is 36.8 Å². The Morgan fingerprint density at radius 3 is 2.27 bits per heavy atom. The maximum atomic E-state index is 12.9. The number of aromatic nitrogens is 2. The van der Waals surface area contributed by atoms with Crippen molar-refractivity contribution in [2.75, 3.05) is 26.2 Å². The zero-order chi connectivity index (χ0) is 21.3. The summed E-state index contributed by atoms with van der Waals surface area (Å²) < 4.78 is 32.9. The van der Waals surface area contributed by atoms with Crippen molar-refractivity contribution in [3.63, 3.8) is 0 Å². The number of hydrogen-bond donors (Lipinski definition) is 0. The molecule has 0 saturated carbocycles. The summed E-state index contributed by atoms with van der Waals surface area (Å²) in [6.45, 7) is 2.22. The smallest absolute Gasteiger partial charge is 0.247 e. The number of halogens is 3. The molecule has 158 valence electrons. The number of nitrogens with zero attached hydrogens (tertiary/aromatic N) is 4. The van der Waals surface area contributed by atoms with E-state index in [0.717, 1.165) is 5.56 Å². The molecule has 30 heavy (non-hydrogen) atoms. The minimum absolute atomic E-state index is 0.134. The Morgan fingerprint density at radius 1 is 0.900 bits per heavy atom. The highest BCUT2D eigenvalue weighted by molar-refractivity contribution is 7.89. The monoisotopic (exact) mass is 486 g/mol. The zero-order valence-electron chi connectivity index (χ0n) is 15.6. The Kier molecular flexibility index (Phi) is 6.34. The van der Waals surface area contributed by atoms with E-state index in [1.807, 2.05) is 12.1 Å². The summed E-state index contributed by atoms with van der Waals surface area (Å²) in [6.07, 6.45) is 0. The zero-order valence-corrected chi connectivity index (χ0v) is 18.7. The number of sulfonamides is 1. The van der Waals surface area contributed by atoms with Crippen molar-refractivity contribution in [2.24, 2.45) is 0 Å². The molecule has 4 rings (SSSR count). The van der Waals surface area contributed by atoms with E-state index in [0.29, 0.717) is 54.6 Å². The van der Waals surface area contributed by atoms with Crippen LogP contribution in [0.5, 0.6) is 0 Å². The summed E-state index contributed by atoms with van der Waals surface area (Å²) >= 11 is 17.8. The quantitative estimate of drug-likeness (QED) is 0.536. The van der Waals surface area contributed by atoms with E-state index in [9.17, 15) is 8.42 Å². The van der Waals surface area contributed by atoms with Gasteiger partial charge in [-0.25, -0.2) is 8.42 Å². The van der Waals surface area contributed by atoms with Crippen LogP contribution in [0.2, 0.25) is 15.1 Å². The number of benzene rings is 2. The molecule has 0 bridgehead atoms. The largest absolute Gasteiger partial charge is 0.419 e. The van der Waals surface area contributed by atoms with Gasteiger partial charge < -0.3 is 4.42 Å². The van der Waals surface area contributed by atoms with Gasteiger partial charge in [0.25, 0.3) is 0 Å². The van der Waals surface area contributed by atoms with E-state index in [2.05, 4.69) is 15.1 Å². The Labute approximate surface area is 189 Å². The van der Waals surface area contributed by atoms with Gasteiger partial charge in [0.2, 0.25) is 21.8 Å². The first-order chi connectivity index (χ1) is 14.3. The minimum Gasteiger partial charge on any atom is -0.419 e. The highest BCUT2D eigenvalue weighted by Crippen LogP contribution is 2.27. The second-order valence-electron chi connectivity index (χ2n) is 6.76. The van der Waals surface area contributed by atoms with Crippen LogP contribution in [0.15, 0.2) is 51.8 Å². The first-order valence-electron chi connectivity index (χ1n) is 9.09. The van der Waals surface area contributed by atoms with Crippen molar-refractivity contribution in [3.8, 4) is 11.5 Å². The van der Waals surface area contributed by atoms with E-state index in [1.54, 1.807) is 12.1 Å². The first kappa shape index (κ1) is 21.5. The fourth-order valence-electron chi connectivity index (χ4n) is 3.13. The Balaban J connectivity index is 1.38. The second kappa shape index (κ2) is 8.82. The van der Waals surface area contributed by atoms with Gasteiger partial charge in [-0.05, 0) is 42.5 Å². The van der Waals surface area contributed by atoms with Crippen LogP contribution in [-0.2, 0) is 16.6 Å². The van der Waals surface area contributed by atoms with Gasteiger partial charge in [0.1, 0.15) is 0 Å². The molecule has 11 heteroatoms. The van der Waals surface area contributed by atoms with Crippen LogP contribution in [0.3, 0.4) is 0 Å². The lowest BCUT2D eigenvalue weighted by atomic mass is 10.2. The molecule has 2 heterocycles. The van der Waals surface area contributed by atoms with Gasteiger partial charge >= 0.3 is 0 Å². The molecule has 7 nitrogen and oxygen atoms in total. The molecule has 3 aromatic rings. The highest BCUT2D eigenvalue weighted by Gasteiger charge is 2.29. The van der Waals surface area contributed by atoms with Crippen LogP contribution in [0, 0.1) is 0 Å². The van der Waals surface area contributed by atoms with Gasteiger partial charge in [-0.1, -0.05) is 34.8 Å². The van der Waals surface area contributed by atoms with Crippen LogP contribution in [-0.4, -0.2) is 54.0 Å². The van der Waals surface area contributed by atoms with Gasteiger partial charge in [-0.2, -0.15) is 4.31 Å². The molecular formula is C19H17Cl3N4O3S. The lowest BCUT2D eigenvalue weighted by Gasteiger charge is -2.33. The molecule has 1 saturated heterocycles. The topological polar surface area (TPSA) is 79.5 Å². The molecule has 0 radical (unpaired) electrons. The lowest BCUT2D eigenvalue weighted by molar-refractivity contribution is 0.168. The van der Waals surface area contributed by atoms with Gasteiger partial charge in [0.15, 0.2) is 0 Å². The maximum absolute atomic E-state index is 12.9. The lowest BCUT2D eigenvalue weighted by Crippen LogP contribution is -2.48. The van der Waals surface area contributed by atoms with Crippen molar-refractivity contribution in [3.05, 3.63) is 63.4 Å². The molecule has 0 unspecified atom stereocenters. The van der Waals surface area contributed by atoms with E-state index in [-0.39, 0.29) is 9.92 Å². The van der Waals surface area contributed by atoms with Crippen LogP contribution in [0.25, 0.3) is 11.5 Å². The van der Waals surface area contributed by atoms with Crippen LogP contribution in [0.4, 0.5) is 0 Å². The molecule has 1 fully saturated rings. The summed E-state index contributed by atoms with van der Waals surface area (Å²) in [6, 6.07) is 11.5. The summed E-state index contributed by atoms with van der Waals surface area (Å²) in [5.74, 6) is 0.892. The fraction of sp³-hybridized carbons (Fsp3) is 0.263. The van der Waals surface area contributed by atoms with Gasteiger partial charge in [0.05, 0.1) is 21.5 Å². The van der Waals surface area contributed by atoms with Crippen molar-refractivity contribution < 1.29 is 12.8 Å². The standard InChI is InChI=1S/C19H17Cl3N4O3S/c20-14-3-1-13(2-4-14)19-24-23-18(29-19)12-25-7-9-26(10-8-25)30(27,28)15-5-6-16(21)17(22)11-15/h1-6,11H,7-10,12H2. The van der Waals surface area contributed by atoms with Crippen molar-refractivity contribution in [1.82, 2.24) is 19.4 Å². The van der Waals surface area contributed by atoms with Crippen molar-refractivity contribution in [2.45, 2.75) is 11.4 Å². The van der Waals surface area contributed by atoms with Crippen molar-refractivity contribution in [1.29, 1.82) is 0 Å². The van der Waals surface area contributed by atoms with Crippen molar-refractivity contribution >= 4 is 44.8 Å². The average Bonchev–Trinajstić information content (AvgIpc) is 3.19. The third kappa shape index (κ3) is 4.64. The summed E-state index contributed by atoms with van der Waals surface area (Å²) in [4.78, 5) is 2.20. The predicted octanol–water partition coefficient (Wildman–Crippen LogP) is 4.20. The van der Waals surface area contributed by atoms with E-state index < -0.39 is 10.0 Å². The third-order valence-corrected chi connectivity index (χ3v) is 7.66. The second-order valence-corrected chi connectivity index (χ2v) is 9.95. The van der Waals surface area contributed by atoms with E-state index in [1.165, 1.54) is 22.5 Å². The number of rotatable bonds is 5. The molecule has 0 aliphatic carbocycles. The molecule has 1 aliphatic heterocycles. The molecule has 0 N–H and O–H groups in total. The summed E-state index contributed by atoms with van der Waals surface area (Å²) in [5, 5.41) is 9.33. The Hall–Kier alpha value is -1.68. The molecule has 1 aliphatic rings. The normalized spacial score (nSPS) is 16.1. The van der Waals surface area contributed by atoms with Gasteiger partial charge in [-0.3, -0.25) is 4.90 Å². The van der Waals surface area contributed by atoms with Crippen LogP contribution in [0.1, 0.15) is 5.89 Å². The SMILES string of the molecule is O=S(=O)(c1ccc(Cl)c(Cl)c1)N1CCN(Cc2nnc(-c3ccc(Cl)cc3)o2)CC1. The maximum Gasteiger partial charge on any atom is 0.247 e. The van der Waals surface area contributed by atoms with Gasteiger partial charge in [-0.15, -0.1) is 10.2 Å². The fourth-order valence-corrected chi connectivity index (χ4v) is 5.07. The minimum atomic E-state index is -3.63. The highest BCUT2D eigenvalue weighted by atomic mass is 35.5. The molecule has 1 aromatic heterocycles. The third-order valence-electron chi connectivity index (χ3n) is 4.78. The van der Waals surface area contributed by atoms with Crippen LogP contribution < -0.4 is 0 Å². The first-order valence-corrected chi connectivity index (χ1v) is 11.7. The summed E-state index contributed by atoms with van der Waals surface area (Å²) in [7, 11) is -3.63. The van der Waals surface area contributed by atoms with Crippen LogP contribution >= 0.6 is 34.8 Å². The molecule has 0 amide bonds. The Bertz CT molecular complexity index is 1140. The molecular weight excluding hydrogens is 471 g/mol. The van der Waals surface area contributed by atoms with E-state index in [4.69, 9.17) is 39.2 Å². The number of piperazine rings is 1. The molecule has 0 atom stereocenters. The van der Waals surface area contributed by atoms with E-state index >= 15 is 0 Å². The summed E-state index contributed by atoms with van der Waals surface area (Å²) in [5.41, 5.74) is 0.788. The number of hydrogen-bond acceptors (Lipinski definition) is 6. The Morgan fingerprint density at radius 2 is 1.60 bits per heavy atom. The average molecular weight is 488 g/mol. The predicted molar refractivity (Wildman–Crippen MR) is 115 cm³/mol. The molecule has 2 aromatic carbocycles.